The molecule has 0 aliphatic rings. The monoisotopic (exact) mass is 394 g/mol. The zero-order valence-corrected chi connectivity index (χ0v) is 17.7. The van der Waals surface area contributed by atoms with Crippen molar-refractivity contribution in [3.05, 3.63) is 59.8 Å². The summed E-state index contributed by atoms with van der Waals surface area (Å²) in [6.45, 7) is 5.74. The number of aromatic nitrogens is 1. The molecule has 1 atom stereocenters. The van der Waals surface area contributed by atoms with Crippen molar-refractivity contribution < 1.29 is 14.3 Å². The fourth-order valence-electron chi connectivity index (χ4n) is 3.77. The molecule has 1 amide bonds. The number of hydrogen-bond acceptors (Lipinski definition) is 3. The SMILES string of the molecule is CCCNC(=O)C[C@H](c1cc(OC)cc(OC)c1)c1cn(CC)c2ccccc12. The van der Waals surface area contributed by atoms with Crippen molar-refractivity contribution in [3.8, 4) is 11.5 Å². The second kappa shape index (κ2) is 9.50. The van der Waals surface area contributed by atoms with E-state index in [0.717, 1.165) is 35.6 Å². The average molecular weight is 395 g/mol. The predicted molar refractivity (Wildman–Crippen MR) is 117 cm³/mol. The van der Waals surface area contributed by atoms with E-state index in [4.69, 9.17) is 9.47 Å². The number of ether oxygens (including phenoxy) is 2. The Labute approximate surface area is 172 Å². The van der Waals surface area contributed by atoms with Gasteiger partial charge in [-0.3, -0.25) is 4.79 Å². The number of aryl methyl sites for hydroxylation is 1. The van der Waals surface area contributed by atoms with E-state index in [-0.39, 0.29) is 11.8 Å². The molecule has 29 heavy (non-hydrogen) atoms. The Morgan fingerprint density at radius 2 is 1.76 bits per heavy atom. The quantitative estimate of drug-likeness (QED) is 0.571. The van der Waals surface area contributed by atoms with Crippen molar-refractivity contribution in [2.45, 2.75) is 39.2 Å². The lowest BCUT2D eigenvalue weighted by atomic mass is 9.87. The van der Waals surface area contributed by atoms with Crippen LogP contribution in [0.2, 0.25) is 0 Å². The number of carbonyl (C=O) groups is 1. The second-order valence-electron chi connectivity index (χ2n) is 7.14. The maximum absolute atomic E-state index is 12.7. The van der Waals surface area contributed by atoms with E-state index in [1.165, 1.54) is 10.9 Å². The van der Waals surface area contributed by atoms with E-state index in [1.807, 2.05) is 24.3 Å². The first-order valence-electron chi connectivity index (χ1n) is 10.2. The van der Waals surface area contributed by atoms with Crippen LogP contribution in [0.1, 0.15) is 43.7 Å². The third-order valence-electron chi connectivity index (χ3n) is 5.27. The van der Waals surface area contributed by atoms with Crippen molar-refractivity contribution in [2.24, 2.45) is 0 Å². The fraction of sp³-hybridized carbons (Fsp3) is 0.375. The van der Waals surface area contributed by atoms with Gasteiger partial charge in [-0.1, -0.05) is 25.1 Å². The van der Waals surface area contributed by atoms with Crippen LogP contribution in [0.25, 0.3) is 10.9 Å². The normalized spacial score (nSPS) is 12.0. The summed E-state index contributed by atoms with van der Waals surface area (Å²) >= 11 is 0. The number of para-hydroxylation sites is 1. The minimum absolute atomic E-state index is 0.0481. The van der Waals surface area contributed by atoms with E-state index < -0.39 is 0 Å². The van der Waals surface area contributed by atoms with Crippen LogP contribution in [0.3, 0.4) is 0 Å². The highest BCUT2D eigenvalue weighted by atomic mass is 16.5. The molecule has 1 heterocycles. The van der Waals surface area contributed by atoms with Gasteiger partial charge in [-0.15, -0.1) is 0 Å². The molecule has 3 rings (SSSR count). The number of methoxy groups -OCH3 is 2. The molecular formula is C24H30N2O3. The highest BCUT2D eigenvalue weighted by Gasteiger charge is 2.23. The summed E-state index contributed by atoms with van der Waals surface area (Å²) in [4.78, 5) is 12.7. The van der Waals surface area contributed by atoms with Crippen LogP contribution in [-0.2, 0) is 11.3 Å². The van der Waals surface area contributed by atoms with Crippen molar-refractivity contribution in [3.63, 3.8) is 0 Å². The highest BCUT2D eigenvalue weighted by molar-refractivity contribution is 5.86. The van der Waals surface area contributed by atoms with Gasteiger partial charge in [-0.05, 0) is 42.7 Å². The number of nitrogens with zero attached hydrogens (tertiary/aromatic N) is 1. The zero-order chi connectivity index (χ0) is 20.8. The number of fused-ring (bicyclic) bond motifs is 1. The van der Waals surface area contributed by atoms with Gasteiger partial charge in [0.25, 0.3) is 0 Å². The van der Waals surface area contributed by atoms with Crippen LogP contribution in [0.4, 0.5) is 0 Å². The third-order valence-corrected chi connectivity index (χ3v) is 5.27. The lowest BCUT2D eigenvalue weighted by Gasteiger charge is -2.19. The van der Waals surface area contributed by atoms with Crippen molar-refractivity contribution in [2.75, 3.05) is 20.8 Å². The summed E-state index contributed by atoms with van der Waals surface area (Å²) in [5.74, 6) is 1.38. The van der Waals surface area contributed by atoms with Crippen LogP contribution in [-0.4, -0.2) is 31.2 Å². The topological polar surface area (TPSA) is 52.5 Å². The van der Waals surface area contributed by atoms with Crippen molar-refractivity contribution in [1.29, 1.82) is 0 Å². The van der Waals surface area contributed by atoms with Crippen molar-refractivity contribution in [1.82, 2.24) is 9.88 Å². The summed E-state index contributed by atoms with van der Waals surface area (Å²) in [6, 6.07) is 14.2. The molecule has 0 aliphatic heterocycles. The second-order valence-corrected chi connectivity index (χ2v) is 7.14. The third kappa shape index (κ3) is 4.56. The maximum atomic E-state index is 12.7. The summed E-state index contributed by atoms with van der Waals surface area (Å²) in [5, 5.41) is 4.19. The first-order chi connectivity index (χ1) is 14.1. The lowest BCUT2D eigenvalue weighted by Crippen LogP contribution is -2.26. The van der Waals surface area contributed by atoms with Crippen LogP contribution in [0.5, 0.6) is 11.5 Å². The van der Waals surface area contributed by atoms with Crippen molar-refractivity contribution >= 4 is 16.8 Å². The van der Waals surface area contributed by atoms with Crippen LogP contribution in [0.15, 0.2) is 48.7 Å². The first-order valence-corrected chi connectivity index (χ1v) is 10.2. The molecule has 1 aromatic heterocycles. The summed E-state index contributed by atoms with van der Waals surface area (Å²) in [7, 11) is 3.29. The molecule has 0 bridgehead atoms. The van der Waals surface area contributed by atoms with Gasteiger partial charge >= 0.3 is 0 Å². The van der Waals surface area contributed by atoms with Gasteiger partial charge in [0, 0.05) is 48.6 Å². The van der Waals surface area contributed by atoms with Crippen LogP contribution >= 0.6 is 0 Å². The smallest absolute Gasteiger partial charge is 0.220 e. The molecule has 0 saturated heterocycles. The summed E-state index contributed by atoms with van der Waals surface area (Å²) in [6.07, 6.45) is 3.46. The minimum atomic E-state index is -0.103. The molecule has 0 spiro atoms. The van der Waals surface area contributed by atoms with Crippen LogP contribution in [0, 0.1) is 0 Å². The Hall–Kier alpha value is -2.95. The number of benzene rings is 2. The largest absolute Gasteiger partial charge is 0.497 e. The zero-order valence-electron chi connectivity index (χ0n) is 17.7. The van der Waals surface area contributed by atoms with E-state index in [0.29, 0.717) is 13.0 Å². The minimum Gasteiger partial charge on any atom is -0.497 e. The van der Waals surface area contributed by atoms with E-state index in [2.05, 4.69) is 48.1 Å². The molecule has 0 aliphatic carbocycles. The van der Waals surface area contributed by atoms with Gasteiger partial charge in [0.2, 0.25) is 5.91 Å². The molecular weight excluding hydrogens is 364 g/mol. The number of nitrogens with one attached hydrogen (secondary N) is 1. The number of rotatable bonds is 9. The molecule has 5 heteroatoms. The first kappa shape index (κ1) is 20.8. The van der Waals surface area contributed by atoms with Gasteiger partial charge in [-0.2, -0.15) is 0 Å². The molecule has 0 unspecified atom stereocenters. The Bertz CT molecular complexity index is 955. The molecule has 5 nitrogen and oxygen atoms in total. The fourth-order valence-corrected chi connectivity index (χ4v) is 3.77. The molecule has 0 fully saturated rings. The Kier molecular flexibility index (Phi) is 6.81. The van der Waals surface area contributed by atoms with Gasteiger partial charge in [0.15, 0.2) is 0 Å². The molecule has 1 N–H and O–H groups in total. The summed E-state index contributed by atoms with van der Waals surface area (Å²) < 4.78 is 13.2. The van der Waals surface area contributed by atoms with E-state index >= 15 is 0 Å². The van der Waals surface area contributed by atoms with E-state index in [9.17, 15) is 4.79 Å². The van der Waals surface area contributed by atoms with E-state index in [1.54, 1.807) is 14.2 Å². The molecule has 3 aromatic rings. The molecule has 2 aromatic carbocycles. The lowest BCUT2D eigenvalue weighted by molar-refractivity contribution is -0.121. The number of amides is 1. The van der Waals surface area contributed by atoms with Gasteiger partial charge in [-0.25, -0.2) is 0 Å². The summed E-state index contributed by atoms with van der Waals surface area (Å²) in [5.41, 5.74) is 3.33. The Morgan fingerprint density at radius 3 is 2.38 bits per heavy atom. The van der Waals surface area contributed by atoms with Crippen LogP contribution < -0.4 is 14.8 Å². The van der Waals surface area contributed by atoms with Gasteiger partial charge in [0.1, 0.15) is 11.5 Å². The molecule has 0 radical (unpaired) electrons. The Balaban J connectivity index is 2.13. The Morgan fingerprint density at radius 1 is 1.07 bits per heavy atom. The van der Waals surface area contributed by atoms with Gasteiger partial charge in [0.05, 0.1) is 14.2 Å². The molecule has 154 valence electrons. The van der Waals surface area contributed by atoms with Gasteiger partial charge < -0.3 is 19.4 Å². The standard InChI is InChI=1S/C24H30N2O3/c1-5-11-25-24(27)15-21(17-12-18(28-3)14-19(13-17)29-4)22-16-26(6-2)23-10-8-7-9-20(22)23/h7-10,12-14,16,21H,5-6,11,15H2,1-4H3,(H,25,27)/t21-/m1/s1. The molecule has 0 saturated carbocycles. The number of hydrogen-bond donors (Lipinski definition) is 1. The average Bonchev–Trinajstić information content (AvgIpc) is 3.14. The highest BCUT2D eigenvalue weighted by Crippen LogP contribution is 2.37. The predicted octanol–water partition coefficient (Wildman–Crippen LogP) is 4.73. The maximum Gasteiger partial charge on any atom is 0.220 e. The number of carbonyl (C=O) groups excluding carboxylic acids is 1.